The predicted molar refractivity (Wildman–Crippen MR) is 74.3 cm³/mol. The fraction of sp³-hybridized carbons (Fsp3) is 0.429. The van der Waals surface area contributed by atoms with Gasteiger partial charge in [-0.3, -0.25) is 0 Å². The number of halogens is 2. The van der Waals surface area contributed by atoms with Gasteiger partial charge in [-0.25, -0.2) is 4.39 Å². The van der Waals surface area contributed by atoms with Crippen LogP contribution in [0.2, 0.25) is 0 Å². The lowest BCUT2D eigenvalue weighted by Crippen LogP contribution is -2.10. The summed E-state index contributed by atoms with van der Waals surface area (Å²) >= 11 is 3.13. The number of nitrogens with two attached hydrogens (primary N) is 1. The molecule has 0 radical (unpaired) electrons. The van der Waals surface area contributed by atoms with Crippen molar-refractivity contribution in [3.05, 3.63) is 46.7 Å². The van der Waals surface area contributed by atoms with E-state index in [1.807, 2.05) is 12.1 Å². The van der Waals surface area contributed by atoms with E-state index < -0.39 is 0 Å². The molecule has 94 valence electrons. The lowest BCUT2D eigenvalue weighted by molar-refractivity contribution is 0.564. The Morgan fingerprint density at radius 1 is 1.35 bits per heavy atom. The second kappa shape index (κ2) is 7.62. The first-order valence-corrected chi connectivity index (χ1v) is 6.76. The molecular formula is C14H19BrFN. The summed E-state index contributed by atoms with van der Waals surface area (Å²) < 4.78 is 13.8. The van der Waals surface area contributed by atoms with Crippen LogP contribution in [0.5, 0.6) is 0 Å². The molecule has 1 aromatic carbocycles. The van der Waals surface area contributed by atoms with Crippen molar-refractivity contribution in [3.63, 3.8) is 0 Å². The lowest BCUT2D eigenvalue weighted by atomic mass is 10.0. The Kier molecular flexibility index (Phi) is 6.45. The van der Waals surface area contributed by atoms with Gasteiger partial charge in [0.15, 0.2) is 0 Å². The van der Waals surface area contributed by atoms with Crippen LogP contribution < -0.4 is 5.73 Å². The highest BCUT2D eigenvalue weighted by molar-refractivity contribution is 9.10. The molecule has 0 aromatic heterocycles. The van der Waals surface area contributed by atoms with Crippen molar-refractivity contribution >= 4 is 15.9 Å². The van der Waals surface area contributed by atoms with E-state index in [4.69, 9.17) is 5.73 Å². The Labute approximate surface area is 111 Å². The maximum absolute atomic E-state index is 13.3. The van der Waals surface area contributed by atoms with Gasteiger partial charge in [0.25, 0.3) is 0 Å². The monoisotopic (exact) mass is 299 g/mol. The average Bonchev–Trinajstić information content (AvgIpc) is 2.32. The van der Waals surface area contributed by atoms with E-state index in [1.54, 1.807) is 6.07 Å². The summed E-state index contributed by atoms with van der Waals surface area (Å²) in [5, 5.41) is 0. The van der Waals surface area contributed by atoms with Crippen LogP contribution in [0, 0.1) is 5.82 Å². The minimum Gasteiger partial charge on any atom is -0.324 e. The number of unbranched alkanes of at least 4 members (excludes halogenated alkanes) is 3. The van der Waals surface area contributed by atoms with Crippen LogP contribution in [0.3, 0.4) is 0 Å². The van der Waals surface area contributed by atoms with Crippen molar-refractivity contribution in [2.24, 2.45) is 5.73 Å². The molecule has 0 bridgehead atoms. The van der Waals surface area contributed by atoms with Gasteiger partial charge in [0.05, 0.1) is 4.47 Å². The summed E-state index contributed by atoms with van der Waals surface area (Å²) in [6.45, 7) is 3.69. The molecule has 0 fully saturated rings. The zero-order chi connectivity index (χ0) is 12.7. The van der Waals surface area contributed by atoms with Crippen molar-refractivity contribution in [2.75, 3.05) is 0 Å². The molecule has 1 aromatic rings. The van der Waals surface area contributed by atoms with Crippen molar-refractivity contribution < 1.29 is 4.39 Å². The van der Waals surface area contributed by atoms with E-state index in [2.05, 4.69) is 22.5 Å². The quantitative estimate of drug-likeness (QED) is 0.572. The van der Waals surface area contributed by atoms with E-state index in [-0.39, 0.29) is 11.9 Å². The van der Waals surface area contributed by atoms with Gasteiger partial charge >= 0.3 is 0 Å². The Bertz CT molecular complexity index is 365. The first kappa shape index (κ1) is 14.4. The third-order valence-corrected chi connectivity index (χ3v) is 3.44. The molecule has 0 aliphatic carbocycles. The smallest absolute Gasteiger partial charge is 0.137 e. The summed E-state index contributed by atoms with van der Waals surface area (Å²) in [5.41, 5.74) is 6.90. The molecule has 1 unspecified atom stereocenters. The Morgan fingerprint density at radius 2 is 2.12 bits per heavy atom. The normalized spacial score (nSPS) is 12.4. The standard InChI is InChI=1S/C14H19BrFN/c1-2-3-4-5-6-7-14(17)11-8-9-12(15)13(16)10-11/h2,8-10,14H,1,3-7,17H2. The Balaban J connectivity index is 2.38. The first-order chi connectivity index (χ1) is 8.15. The van der Waals surface area contributed by atoms with Gasteiger partial charge in [-0.15, -0.1) is 6.58 Å². The van der Waals surface area contributed by atoms with Crippen LogP contribution in [-0.2, 0) is 0 Å². The number of hydrogen-bond acceptors (Lipinski definition) is 1. The minimum absolute atomic E-state index is 0.0682. The molecule has 3 heteroatoms. The van der Waals surface area contributed by atoms with Gasteiger partial charge in [0.1, 0.15) is 5.82 Å². The number of allylic oxidation sites excluding steroid dienone is 1. The second-order valence-electron chi connectivity index (χ2n) is 4.21. The van der Waals surface area contributed by atoms with Crippen LogP contribution in [-0.4, -0.2) is 0 Å². The average molecular weight is 300 g/mol. The van der Waals surface area contributed by atoms with Gasteiger partial charge in [-0.05, 0) is 52.9 Å². The van der Waals surface area contributed by atoms with E-state index in [0.717, 1.165) is 37.7 Å². The zero-order valence-electron chi connectivity index (χ0n) is 9.96. The zero-order valence-corrected chi connectivity index (χ0v) is 11.5. The third kappa shape index (κ3) is 5.00. The van der Waals surface area contributed by atoms with Gasteiger partial charge < -0.3 is 5.73 Å². The van der Waals surface area contributed by atoms with Crippen LogP contribution in [0.25, 0.3) is 0 Å². The molecule has 1 rings (SSSR count). The van der Waals surface area contributed by atoms with Gasteiger partial charge in [0, 0.05) is 6.04 Å². The van der Waals surface area contributed by atoms with Crippen molar-refractivity contribution in [3.8, 4) is 0 Å². The van der Waals surface area contributed by atoms with Gasteiger partial charge in [-0.2, -0.15) is 0 Å². The van der Waals surface area contributed by atoms with Crippen molar-refractivity contribution in [1.29, 1.82) is 0 Å². The van der Waals surface area contributed by atoms with Crippen molar-refractivity contribution in [2.45, 2.75) is 38.1 Å². The molecule has 17 heavy (non-hydrogen) atoms. The molecule has 1 atom stereocenters. The predicted octanol–water partition coefficient (Wildman–Crippen LogP) is 4.72. The van der Waals surface area contributed by atoms with Crippen LogP contribution in [0.1, 0.15) is 43.7 Å². The summed E-state index contributed by atoms with van der Waals surface area (Å²) in [7, 11) is 0. The topological polar surface area (TPSA) is 26.0 Å². The first-order valence-electron chi connectivity index (χ1n) is 5.96. The highest BCUT2D eigenvalue weighted by Crippen LogP contribution is 2.22. The Hall–Kier alpha value is -0.670. The molecule has 1 nitrogen and oxygen atoms in total. The molecule has 0 saturated carbocycles. The minimum atomic E-state index is -0.246. The van der Waals surface area contributed by atoms with Crippen LogP contribution in [0.4, 0.5) is 4.39 Å². The van der Waals surface area contributed by atoms with E-state index in [9.17, 15) is 4.39 Å². The second-order valence-corrected chi connectivity index (χ2v) is 5.06. The Morgan fingerprint density at radius 3 is 2.76 bits per heavy atom. The van der Waals surface area contributed by atoms with Gasteiger partial charge in [0.2, 0.25) is 0 Å². The summed E-state index contributed by atoms with van der Waals surface area (Å²) in [5.74, 6) is -0.246. The molecule has 0 spiro atoms. The van der Waals surface area contributed by atoms with E-state index in [0.29, 0.717) is 4.47 Å². The fourth-order valence-electron chi connectivity index (χ4n) is 1.74. The van der Waals surface area contributed by atoms with Crippen LogP contribution in [0.15, 0.2) is 35.3 Å². The number of hydrogen-bond donors (Lipinski definition) is 1. The maximum Gasteiger partial charge on any atom is 0.137 e. The van der Waals surface area contributed by atoms with Crippen molar-refractivity contribution in [1.82, 2.24) is 0 Å². The number of benzene rings is 1. The van der Waals surface area contributed by atoms with E-state index in [1.165, 1.54) is 6.07 Å². The van der Waals surface area contributed by atoms with Gasteiger partial charge in [-0.1, -0.05) is 25.0 Å². The maximum atomic E-state index is 13.3. The summed E-state index contributed by atoms with van der Waals surface area (Å²) in [6, 6.07) is 5.03. The third-order valence-electron chi connectivity index (χ3n) is 2.80. The molecule has 0 heterocycles. The highest BCUT2D eigenvalue weighted by Gasteiger charge is 2.08. The summed E-state index contributed by atoms with van der Waals surface area (Å²) in [4.78, 5) is 0. The molecule has 0 amide bonds. The summed E-state index contributed by atoms with van der Waals surface area (Å²) in [6.07, 6.45) is 7.28. The molecule has 0 saturated heterocycles. The lowest BCUT2D eigenvalue weighted by Gasteiger charge is -2.12. The fourth-order valence-corrected chi connectivity index (χ4v) is 1.99. The SMILES string of the molecule is C=CCCCCCC(N)c1ccc(Br)c(F)c1. The van der Waals surface area contributed by atoms with Crippen LogP contribution >= 0.6 is 15.9 Å². The molecule has 0 aliphatic heterocycles. The molecular weight excluding hydrogens is 281 g/mol. The van der Waals surface area contributed by atoms with E-state index >= 15 is 0 Å². The number of rotatable bonds is 7. The molecule has 0 aliphatic rings. The highest BCUT2D eigenvalue weighted by atomic mass is 79.9. The largest absolute Gasteiger partial charge is 0.324 e. The molecule has 2 N–H and O–H groups in total.